The average Bonchev–Trinajstić information content (AvgIpc) is 1.76. The molecular weight excluding hydrogens is 124 g/mol. The van der Waals surface area contributed by atoms with E-state index in [-0.39, 0.29) is 0 Å². The van der Waals surface area contributed by atoms with Crippen molar-refractivity contribution < 1.29 is 0 Å². The van der Waals surface area contributed by atoms with Crippen molar-refractivity contribution in [2.24, 2.45) is 17.6 Å². The standard InChI is InChI=1S/C8H18N2/c1-7(2)4-10-5-8(3-9)6-10/h7-8H,3-6,9H2,1-2H3. The van der Waals surface area contributed by atoms with Crippen molar-refractivity contribution in [2.45, 2.75) is 13.8 Å². The quantitative estimate of drug-likeness (QED) is 0.623. The zero-order valence-electron chi connectivity index (χ0n) is 7.01. The molecule has 0 saturated carbocycles. The number of nitrogens with two attached hydrogens (primary N) is 1. The van der Waals surface area contributed by atoms with Gasteiger partial charge in [-0.1, -0.05) is 13.8 Å². The van der Waals surface area contributed by atoms with Gasteiger partial charge in [-0.25, -0.2) is 0 Å². The number of rotatable bonds is 3. The van der Waals surface area contributed by atoms with Gasteiger partial charge in [-0.15, -0.1) is 0 Å². The summed E-state index contributed by atoms with van der Waals surface area (Å²) in [6.07, 6.45) is 0. The Bertz CT molecular complexity index is 95.4. The van der Waals surface area contributed by atoms with Crippen molar-refractivity contribution in [1.82, 2.24) is 4.90 Å². The Morgan fingerprint density at radius 2 is 2.10 bits per heavy atom. The Labute approximate surface area is 63.4 Å². The van der Waals surface area contributed by atoms with Crippen LogP contribution in [-0.4, -0.2) is 31.1 Å². The number of hydrogen-bond acceptors (Lipinski definition) is 2. The minimum Gasteiger partial charge on any atom is -0.330 e. The molecule has 0 amide bonds. The van der Waals surface area contributed by atoms with Crippen molar-refractivity contribution in [3.8, 4) is 0 Å². The maximum absolute atomic E-state index is 5.50. The summed E-state index contributed by atoms with van der Waals surface area (Å²) in [5, 5.41) is 0. The van der Waals surface area contributed by atoms with E-state index in [1.54, 1.807) is 0 Å². The third-order valence-corrected chi connectivity index (χ3v) is 1.99. The van der Waals surface area contributed by atoms with E-state index in [9.17, 15) is 0 Å². The molecule has 0 spiro atoms. The molecule has 0 atom stereocenters. The molecule has 2 nitrogen and oxygen atoms in total. The molecular formula is C8H18N2. The fraction of sp³-hybridized carbons (Fsp3) is 1.00. The molecule has 0 aromatic carbocycles. The molecule has 0 bridgehead atoms. The Morgan fingerprint density at radius 3 is 2.50 bits per heavy atom. The summed E-state index contributed by atoms with van der Waals surface area (Å²) >= 11 is 0. The van der Waals surface area contributed by atoms with Gasteiger partial charge in [0.05, 0.1) is 0 Å². The second-order valence-corrected chi connectivity index (χ2v) is 3.71. The van der Waals surface area contributed by atoms with Crippen molar-refractivity contribution >= 4 is 0 Å². The lowest BCUT2D eigenvalue weighted by Gasteiger charge is -2.39. The zero-order chi connectivity index (χ0) is 7.56. The Hall–Kier alpha value is -0.0800. The number of likely N-dealkylation sites (tertiary alicyclic amines) is 1. The molecule has 1 rings (SSSR count). The third kappa shape index (κ3) is 1.96. The van der Waals surface area contributed by atoms with E-state index in [1.807, 2.05) is 0 Å². The van der Waals surface area contributed by atoms with Crippen molar-refractivity contribution in [3.63, 3.8) is 0 Å². The first kappa shape index (κ1) is 8.02. The van der Waals surface area contributed by atoms with Crippen LogP contribution in [0, 0.1) is 11.8 Å². The van der Waals surface area contributed by atoms with Crippen LogP contribution >= 0.6 is 0 Å². The predicted molar refractivity (Wildman–Crippen MR) is 43.8 cm³/mol. The highest BCUT2D eigenvalue weighted by molar-refractivity contribution is 4.80. The fourth-order valence-electron chi connectivity index (χ4n) is 1.49. The van der Waals surface area contributed by atoms with Gasteiger partial charge in [-0.05, 0) is 18.4 Å². The highest BCUT2D eigenvalue weighted by Gasteiger charge is 2.24. The SMILES string of the molecule is CC(C)CN1CC(CN)C1. The van der Waals surface area contributed by atoms with Gasteiger partial charge in [0.15, 0.2) is 0 Å². The molecule has 10 heavy (non-hydrogen) atoms. The fourth-order valence-corrected chi connectivity index (χ4v) is 1.49. The predicted octanol–water partition coefficient (Wildman–Crippen LogP) is 0.533. The maximum Gasteiger partial charge on any atom is 0.00342 e. The van der Waals surface area contributed by atoms with E-state index in [0.717, 1.165) is 18.4 Å². The van der Waals surface area contributed by atoms with Gasteiger partial charge < -0.3 is 10.6 Å². The minimum atomic E-state index is 0.791. The van der Waals surface area contributed by atoms with Gasteiger partial charge in [-0.3, -0.25) is 0 Å². The zero-order valence-corrected chi connectivity index (χ0v) is 7.01. The highest BCUT2D eigenvalue weighted by atomic mass is 15.2. The van der Waals surface area contributed by atoms with Gasteiger partial charge >= 0.3 is 0 Å². The van der Waals surface area contributed by atoms with Crippen LogP contribution in [0.5, 0.6) is 0 Å². The summed E-state index contributed by atoms with van der Waals surface area (Å²) in [5.74, 6) is 1.59. The largest absolute Gasteiger partial charge is 0.330 e. The van der Waals surface area contributed by atoms with E-state index in [4.69, 9.17) is 5.73 Å². The lowest BCUT2D eigenvalue weighted by molar-refractivity contribution is 0.0923. The molecule has 2 N–H and O–H groups in total. The van der Waals surface area contributed by atoms with Crippen LogP contribution in [0.1, 0.15) is 13.8 Å². The summed E-state index contributed by atoms with van der Waals surface area (Å²) in [6, 6.07) is 0. The third-order valence-electron chi connectivity index (χ3n) is 1.99. The number of hydrogen-bond donors (Lipinski definition) is 1. The normalized spacial score (nSPS) is 21.6. The second kappa shape index (κ2) is 3.35. The van der Waals surface area contributed by atoms with Gasteiger partial charge in [-0.2, -0.15) is 0 Å². The lowest BCUT2D eigenvalue weighted by Crippen LogP contribution is -2.50. The van der Waals surface area contributed by atoms with Crippen LogP contribution in [0.3, 0.4) is 0 Å². The molecule has 0 radical (unpaired) electrons. The molecule has 0 aromatic heterocycles. The molecule has 2 heteroatoms. The van der Waals surface area contributed by atoms with E-state index < -0.39 is 0 Å². The van der Waals surface area contributed by atoms with Crippen LogP contribution in [0.2, 0.25) is 0 Å². The van der Waals surface area contributed by atoms with E-state index in [1.165, 1.54) is 19.6 Å². The van der Waals surface area contributed by atoms with E-state index in [0.29, 0.717) is 0 Å². The molecule has 1 saturated heterocycles. The number of nitrogens with zero attached hydrogens (tertiary/aromatic N) is 1. The Kier molecular flexibility index (Phi) is 2.69. The Morgan fingerprint density at radius 1 is 1.50 bits per heavy atom. The van der Waals surface area contributed by atoms with Gasteiger partial charge in [0.25, 0.3) is 0 Å². The molecule has 60 valence electrons. The molecule has 1 heterocycles. The first-order valence-electron chi connectivity index (χ1n) is 4.14. The van der Waals surface area contributed by atoms with Crippen LogP contribution in [-0.2, 0) is 0 Å². The van der Waals surface area contributed by atoms with Gasteiger partial charge in [0, 0.05) is 19.6 Å². The van der Waals surface area contributed by atoms with E-state index in [2.05, 4.69) is 18.7 Å². The molecule has 0 unspecified atom stereocenters. The van der Waals surface area contributed by atoms with Gasteiger partial charge in [0.2, 0.25) is 0 Å². The Balaban J connectivity index is 2.03. The molecule has 1 aliphatic rings. The van der Waals surface area contributed by atoms with Crippen LogP contribution < -0.4 is 5.73 Å². The van der Waals surface area contributed by atoms with Crippen LogP contribution in [0.15, 0.2) is 0 Å². The molecule has 1 aliphatic heterocycles. The van der Waals surface area contributed by atoms with Gasteiger partial charge in [0.1, 0.15) is 0 Å². The minimum absolute atomic E-state index is 0.791. The summed E-state index contributed by atoms with van der Waals surface area (Å²) in [5.41, 5.74) is 5.50. The molecule has 0 aromatic rings. The summed E-state index contributed by atoms with van der Waals surface area (Å²) in [7, 11) is 0. The lowest BCUT2D eigenvalue weighted by atomic mass is 9.99. The summed E-state index contributed by atoms with van der Waals surface area (Å²) < 4.78 is 0. The highest BCUT2D eigenvalue weighted by Crippen LogP contribution is 2.14. The van der Waals surface area contributed by atoms with Crippen molar-refractivity contribution in [3.05, 3.63) is 0 Å². The molecule has 0 aliphatic carbocycles. The second-order valence-electron chi connectivity index (χ2n) is 3.71. The monoisotopic (exact) mass is 142 g/mol. The topological polar surface area (TPSA) is 29.3 Å². The van der Waals surface area contributed by atoms with E-state index >= 15 is 0 Å². The first-order chi connectivity index (χ1) is 4.72. The summed E-state index contributed by atoms with van der Waals surface area (Å²) in [6.45, 7) is 9.10. The average molecular weight is 142 g/mol. The van der Waals surface area contributed by atoms with Crippen LogP contribution in [0.4, 0.5) is 0 Å². The smallest absolute Gasteiger partial charge is 0.00342 e. The first-order valence-corrected chi connectivity index (χ1v) is 4.14. The molecule has 1 fully saturated rings. The summed E-state index contributed by atoms with van der Waals surface area (Å²) in [4.78, 5) is 2.47. The van der Waals surface area contributed by atoms with Crippen molar-refractivity contribution in [2.75, 3.05) is 26.2 Å². The van der Waals surface area contributed by atoms with Crippen LogP contribution in [0.25, 0.3) is 0 Å². The maximum atomic E-state index is 5.50. The van der Waals surface area contributed by atoms with Crippen molar-refractivity contribution in [1.29, 1.82) is 0 Å².